The van der Waals surface area contributed by atoms with Crippen LogP contribution in [0.1, 0.15) is 23.7 Å². The number of amides is 1. The fourth-order valence-electron chi connectivity index (χ4n) is 1.72. The average molecular weight is 324 g/mol. The highest BCUT2D eigenvalue weighted by molar-refractivity contribution is 7.99. The van der Waals surface area contributed by atoms with Crippen LogP contribution in [0.3, 0.4) is 0 Å². The summed E-state index contributed by atoms with van der Waals surface area (Å²) in [6, 6.07) is 11.5. The van der Waals surface area contributed by atoms with Crippen LogP contribution in [-0.4, -0.2) is 11.7 Å². The quantitative estimate of drug-likeness (QED) is 0.763. The number of benzene rings is 2. The van der Waals surface area contributed by atoms with E-state index < -0.39 is 5.82 Å². The van der Waals surface area contributed by atoms with Crippen LogP contribution in [0.15, 0.2) is 47.4 Å². The van der Waals surface area contributed by atoms with Gasteiger partial charge in [0.05, 0.1) is 5.02 Å². The van der Waals surface area contributed by atoms with Gasteiger partial charge in [-0.05, 0) is 48.6 Å². The molecule has 0 atom stereocenters. The first kappa shape index (κ1) is 15.9. The summed E-state index contributed by atoms with van der Waals surface area (Å²) in [5.41, 5.74) is 1.04. The molecule has 0 aromatic heterocycles. The first-order valence-corrected chi connectivity index (χ1v) is 7.95. The second-order valence-electron chi connectivity index (χ2n) is 4.46. The minimum Gasteiger partial charge on any atom is -0.322 e. The summed E-state index contributed by atoms with van der Waals surface area (Å²) in [5.74, 6) is 0.266. The molecule has 0 bridgehead atoms. The predicted octanol–water partition coefficient (Wildman–Crippen LogP) is 5.23. The van der Waals surface area contributed by atoms with Crippen LogP contribution in [0, 0.1) is 5.82 Å². The van der Waals surface area contributed by atoms with E-state index in [1.165, 1.54) is 18.2 Å². The van der Waals surface area contributed by atoms with Crippen LogP contribution >= 0.6 is 23.4 Å². The van der Waals surface area contributed by atoms with Gasteiger partial charge in [-0.2, -0.15) is 0 Å². The molecule has 0 aliphatic rings. The minimum absolute atomic E-state index is 0.0138. The van der Waals surface area contributed by atoms with Crippen molar-refractivity contribution >= 4 is 35.0 Å². The molecule has 0 saturated carbocycles. The van der Waals surface area contributed by atoms with E-state index in [9.17, 15) is 9.18 Å². The number of carbonyl (C=O) groups excluding carboxylic acids is 1. The lowest BCUT2D eigenvalue weighted by atomic mass is 10.2. The third kappa shape index (κ3) is 4.48. The van der Waals surface area contributed by atoms with Crippen molar-refractivity contribution in [1.29, 1.82) is 0 Å². The summed E-state index contributed by atoms with van der Waals surface area (Å²) < 4.78 is 13.1. The van der Waals surface area contributed by atoms with E-state index in [4.69, 9.17) is 11.6 Å². The fraction of sp³-hybridized carbons (Fsp3) is 0.188. The molecule has 0 saturated heterocycles. The Morgan fingerprint density at radius 1 is 1.29 bits per heavy atom. The molecule has 0 spiro atoms. The number of carbonyl (C=O) groups is 1. The lowest BCUT2D eigenvalue weighted by Crippen LogP contribution is -2.11. The van der Waals surface area contributed by atoms with Gasteiger partial charge >= 0.3 is 0 Å². The molecule has 2 rings (SSSR count). The molecule has 2 aromatic carbocycles. The Labute approximate surface area is 132 Å². The van der Waals surface area contributed by atoms with Gasteiger partial charge in [0.1, 0.15) is 5.82 Å². The molecule has 1 amide bonds. The smallest absolute Gasteiger partial charge is 0.255 e. The number of hydrogen-bond acceptors (Lipinski definition) is 2. The summed E-state index contributed by atoms with van der Waals surface area (Å²) in [5, 5.41) is 2.70. The number of hydrogen-bond donors (Lipinski definition) is 1. The monoisotopic (exact) mass is 323 g/mol. The van der Waals surface area contributed by atoms with Gasteiger partial charge in [-0.15, -0.1) is 11.8 Å². The lowest BCUT2D eigenvalue weighted by molar-refractivity contribution is 0.102. The van der Waals surface area contributed by atoms with Crippen LogP contribution in [0.2, 0.25) is 5.02 Å². The molecule has 0 unspecified atom stereocenters. The van der Waals surface area contributed by atoms with Crippen molar-refractivity contribution in [3.8, 4) is 0 Å². The summed E-state index contributed by atoms with van der Waals surface area (Å²) >= 11 is 7.41. The largest absolute Gasteiger partial charge is 0.322 e. The zero-order chi connectivity index (χ0) is 15.2. The molecular formula is C16H15ClFNOS. The Balaban J connectivity index is 2.10. The van der Waals surface area contributed by atoms with Gasteiger partial charge in [0.15, 0.2) is 0 Å². The number of thioether (sulfide) groups is 1. The van der Waals surface area contributed by atoms with Crippen molar-refractivity contribution in [2.75, 3.05) is 11.1 Å². The molecule has 0 aliphatic carbocycles. The highest BCUT2D eigenvalue weighted by Crippen LogP contribution is 2.22. The van der Waals surface area contributed by atoms with Gasteiger partial charge in [0.25, 0.3) is 5.91 Å². The molecule has 0 radical (unpaired) electrons. The number of rotatable bonds is 5. The molecule has 1 N–H and O–H groups in total. The summed E-state index contributed by atoms with van der Waals surface area (Å²) in [6.45, 7) is 2.11. The molecule has 0 aliphatic heterocycles. The Morgan fingerprint density at radius 2 is 2.10 bits per heavy atom. The van der Waals surface area contributed by atoms with E-state index in [0.717, 1.165) is 17.1 Å². The third-order valence-electron chi connectivity index (χ3n) is 2.75. The second-order valence-corrected chi connectivity index (χ2v) is 6.03. The van der Waals surface area contributed by atoms with Crippen molar-refractivity contribution in [1.82, 2.24) is 0 Å². The van der Waals surface area contributed by atoms with Crippen LogP contribution < -0.4 is 5.32 Å². The van der Waals surface area contributed by atoms with Crippen LogP contribution in [0.25, 0.3) is 0 Å². The van der Waals surface area contributed by atoms with E-state index in [2.05, 4.69) is 12.2 Å². The maximum absolute atomic E-state index is 13.1. The van der Waals surface area contributed by atoms with Crippen LogP contribution in [0.5, 0.6) is 0 Å². The van der Waals surface area contributed by atoms with Crippen molar-refractivity contribution in [3.63, 3.8) is 0 Å². The molecule has 21 heavy (non-hydrogen) atoms. The van der Waals surface area contributed by atoms with Gasteiger partial charge in [-0.1, -0.05) is 24.6 Å². The highest BCUT2D eigenvalue weighted by Gasteiger charge is 2.08. The van der Waals surface area contributed by atoms with Crippen molar-refractivity contribution in [2.45, 2.75) is 18.2 Å². The van der Waals surface area contributed by atoms with Gasteiger partial charge in [0, 0.05) is 16.1 Å². The Bertz CT molecular complexity index is 648. The minimum atomic E-state index is -0.507. The summed E-state index contributed by atoms with van der Waals surface area (Å²) in [4.78, 5) is 13.2. The maximum Gasteiger partial charge on any atom is 0.255 e. The average Bonchev–Trinajstić information content (AvgIpc) is 2.49. The van der Waals surface area contributed by atoms with Crippen molar-refractivity contribution in [3.05, 3.63) is 58.9 Å². The van der Waals surface area contributed by atoms with E-state index in [-0.39, 0.29) is 10.9 Å². The topological polar surface area (TPSA) is 29.1 Å². The van der Waals surface area contributed by atoms with E-state index in [1.807, 2.05) is 18.2 Å². The van der Waals surface area contributed by atoms with E-state index in [1.54, 1.807) is 17.8 Å². The standard InChI is InChI=1S/C16H15ClFNOS/c1-2-8-21-13-5-3-4-11(9-13)16(20)19-12-6-7-15(18)14(17)10-12/h3-7,9-10H,2,8H2,1H3,(H,19,20). The van der Waals surface area contributed by atoms with Crippen molar-refractivity contribution in [2.24, 2.45) is 0 Å². The Morgan fingerprint density at radius 3 is 2.81 bits per heavy atom. The van der Waals surface area contributed by atoms with Crippen LogP contribution in [-0.2, 0) is 0 Å². The molecule has 0 fully saturated rings. The molecule has 0 heterocycles. The molecule has 2 aromatic rings. The Hall–Kier alpha value is -1.52. The first-order valence-electron chi connectivity index (χ1n) is 6.59. The van der Waals surface area contributed by atoms with Gasteiger partial charge < -0.3 is 5.32 Å². The molecule has 110 valence electrons. The zero-order valence-electron chi connectivity index (χ0n) is 11.5. The predicted molar refractivity (Wildman–Crippen MR) is 86.8 cm³/mol. The fourth-order valence-corrected chi connectivity index (χ4v) is 2.73. The first-order chi connectivity index (χ1) is 10.1. The summed E-state index contributed by atoms with van der Waals surface area (Å²) in [6.07, 6.45) is 1.08. The summed E-state index contributed by atoms with van der Waals surface area (Å²) in [7, 11) is 0. The Kier molecular flexibility index (Phi) is 5.65. The van der Waals surface area contributed by atoms with E-state index in [0.29, 0.717) is 11.3 Å². The lowest BCUT2D eigenvalue weighted by Gasteiger charge is -2.07. The van der Waals surface area contributed by atoms with E-state index >= 15 is 0 Å². The number of nitrogens with one attached hydrogen (secondary N) is 1. The van der Waals surface area contributed by atoms with Gasteiger partial charge in [-0.3, -0.25) is 4.79 Å². The molecule has 2 nitrogen and oxygen atoms in total. The van der Waals surface area contributed by atoms with Crippen molar-refractivity contribution < 1.29 is 9.18 Å². The van der Waals surface area contributed by atoms with Gasteiger partial charge in [-0.25, -0.2) is 4.39 Å². The zero-order valence-corrected chi connectivity index (χ0v) is 13.1. The number of halogens is 2. The van der Waals surface area contributed by atoms with Crippen LogP contribution in [0.4, 0.5) is 10.1 Å². The molecule has 5 heteroatoms. The highest BCUT2D eigenvalue weighted by atomic mass is 35.5. The maximum atomic E-state index is 13.1. The SMILES string of the molecule is CCCSc1cccc(C(=O)Nc2ccc(F)c(Cl)c2)c1. The third-order valence-corrected chi connectivity index (χ3v) is 4.24. The number of anilines is 1. The molecular weight excluding hydrogens is 309 g/mol. The van der Waals surface area contributed by atoms with Gasteiger partial charge in [0.2, 0.25) is 0 Å². The normalized spacial score (nSPS) is 10.4. The second kappa shape index (κ2) is 7.48.